The van der Waals surface area contributed by atoms with Crippen molar-refractivity contribution in [1.29, 1.82) is 0 Å². The highest BCUT2D eigenvalue weighted by atomic mass is 19.1. The van der Waals surface area contributed by atoms with Crippen molar-refractivity contribution in [3.8, 4) is 0 Å². The number of carbonyl (C=O) groups excluding carboxylic acids is 3. The molecule has 2 aromatic carbocycles. The Hall–Kier alpha value is -3.74. The molecule has 0 aliphatic carbocycles. The zero-order valence-corrected chi connectivity index (χ0v) is 15.4. The Morgan fingerprint density at radius 3 is 2.55 bits per heavy atom. The molecule has 1 aliphatic heterocycles. The molecule has 1 aromatic heterocycles. The van der Waals surface area contributed by atoms with Crippen LogP contribution in [0.1, 0.15) is 42.4 Å². The summed E-state index contributed by atoms with van der Waals surface area (Å²) in [5.74, 6) is -1.12. The van der Waals surface area contributed by atoms with Crippen LogP contribution >= 0.6 is 0 Å². The number of benzene rings is 2. The minimum absolute atomic E-state index is 0.0313. The van der Waals surface area contributed by atoms with Gasteiger partial charge in [-0.15, -0.1) is 0 Å². The molecule has 3 aromatic rings. The number of halogens is 1. The number of nitrogens with one attached hydrogen (secondary N) is 1. The first kappa shape index (κ1) is 18.6. The van der Waals surface area contributed by atoms with Gasteiger partial charge in [-0.3, -0.25) is 19.3 Å². The Bertz CT molecular complexity index is 1090. The van der Waals surface area contributed by atoms with Crippen LogP contribution in [0.5, 0.6) is 0 Å². The fraction of sp³-hybridized carbons (Fsp3) is 0.136. The van der Waals surface area contributed by atoms with Crippen molar-refractivity contribution in [2.24, 2.45) is 0 Å². The van der Waals surface area contributed by atoms with Crippen LogP contribution < -0.4 is 5.32 Å². The topological polar surface area (TPSA) is 79.6 Å². The molecule has 0 bridgehead atoms. The fourth-order valence-electron chi connectivity index (χ4n) is 3.25. The first-order valence-corrected chi connectivity index (χ1v) is 9.09. The summed E-state index contributed by atoms with van der Waals surface area (Å²) in [5.41, 5.74) is 1.21. The van der Waals surface area contributed by atoms with Crippen LogP contribution in [-0.2, 0) is 13.0 Å². The summed E-state index contributed by atoms with van der Waals surface area (Å²) in [4.78, 5) is 38.6. The Morgan fingerprint density at radius 2 is 1.79 bits per heavy atom. The summed E-state index contributed by atoms with van der Waals surface area (Å²) in [6.45, 7) is 0.276. The normalized spacial score (nSPS) is 12.9. The van der Waals surface area contributed by atoms with E-state index in [9.17, 15) is 18.8 Å². The number of furan rings is 1. The van der Waals surface area contributed by atoms with Crippen molar-refractivity contribution < 1.29 is 23.2 Å². The van der Waals surface area contributed by atoms with Crippen molar-refractivity contribution in [2.75, 3.05) is 6.54 Å². The van der Waals surface area contributed by atoms with Crippen LogP contribution in [0.25, 0.3) is 0 Å². The van der Waals surface area contributed by atoms with E-state index in [-0.39, 0.29) is 35.6 Å². The number of amides is 3. The lowest BCUT2D eigenvalue weighted by atomic mass is 10.1. The quantitative estimate of drug-likeness (QED) is 0.654. The van der Waals surface area contributed by atoms with Gasteiger partial charge in [0.1, 0.15) is 11.6 Å². The van der Waals surface area contributed by atoms with Gasteiger partial charge in [0.2, 0.25) is 0 Å². The van der Waals surface area contributed by atoms with E-state index in [0.717, 1.165) is 4.90 Å². The smallest absolute Gasteiger partial charge is 0.261 e. The number of nitrogens with zero attached hydrogens (tertiary/aromatic N) is 1. The second-order valence-electron chi connectivity index (χ2n) is 6.63. The van der Waals surface area contributed by atoms with Gasteiger partial charge >= 0.3 is 0 Å². The molecule has 0 unspecified atom stereocenters. The molecule has 7 heteroatoms. The molecule has 4 rings (SSSR count). The van der Waals surface area contributed by atoms with Crippen LogP contribution in [-0.4, -0.2) is 29.2 Å². The Kier molecular flexibility index (Phi) is 4.95. The maximum absolute atomic E-state index is 13.6. The second kappa shape index (κ2) is 7.71. The van der Waals surface area contributed by atoms with Crippen molar-refractivity contribution >= 4 is 17.7 Å². The van der Waals surface area contributed by atoms with Crippen molar-refractivity contribution in [3.05, 3.63) is 94.7 Å². The predicted molar refractivity (Wildman–Crippen MR) is 102 cm³/mol. The second-order valence-corrected chi connectivity index (χ2v) is 6.63. The Balaban J connectivity index is 1.44. The lowest BCUT2D eigenvalue weighted by molar-refractivity contribution is 0.0631. The molecule has 0 saturated carbocycles. The molecule has 6 nitrogen and oxygen atoms in total. The molecule has 0 spiro atoms. The number of fused-ring (bicyclic) bond motifs is 1. The summed E-state index contributed by atoms with van der Waals surface area (Å²) in [5, 5.41) is 2.71. The van der Waals surface area contributed by atoms with Gasteiger partial charge in [-0.05, 0) is 48.4 Å². The summed E-state index contributed by atoms with van der Waals surface area (Å²) in [6, 6.07) is 14.1. The van der Waals surface area contributed by atoms with E-state index in [1.54, 1.807) is 30.3 Å². The van der Waals surface area contributed by atoms with Gasteiger partial charge in [0.05, 0.1) is 23.9 Å². The SMILES string of the molecule is O=C(NCCc1ccccc1F)c1ccc2c(c1)C(=O)N(Cc1ccco1)C2=O. The minimum atomic E-state index is -0.470. The first-order valence-electron chi connectivity index (χ1n) is 9.09. The number of carbonyl (C=O) groups is 3. The Morgan fingerprint density at radius 1 is 1.00 bits per heavy atom. The van der Waals surface area contributed by atoms with Crippen molar-refractivity contribution in [2.45, 2.75) is 13.0 Å². The van der Waals surface area contributed by atoms with Gasteiger partial charge in [-0.1, -0.05) is 18.2 Å². The van der Waals surface area contributed by atoms with Crippen molar-refractivity contribution in [1.82, 2.24) is 10.2 Å². The zero-order chi connectivity index (χ0) is 20.4. The lowest BCUT2D eigenvalue weighted by Crippen LogP contribution is -2.28. The van der Waals surface area contributed by atoms with E-state index in [1.165, 1.54) is 30.5 Å². The van der Waals surface area contributed by atoms with Crippen LogP contribution in [0.4, 0.5) is 4.39 Å². The van der Waals surface area contributed by atoms with E-state index in [1.807, 2.05) is 0 Å². The van der Waals surface area contributed by atoms with Crippen LogP contribution in [0.15, 0.2) is 65.3 Å². The first-order chi connectivity index (χ1) is 14.0. The average Bonchev–Trinajstić information content (AvgIpc) is 3.32. The van der Waals surface area contributed by atoms with Crippen molar-refractivity contribution in [3.63, 3.8) is 0 Å². The van der Waals surface area contributed by atoms with E-state index in [2.05, 4.69) is 5.32 Å². The third-order valence-corrected chi connectivity index (χ3v) is 4.76. The molecule has 1 N–H and O–H groups in total. The third-order valence-electron chi connectivity index (χ3n) is 4.76. The van der Waals surface area contributed by atoms with Gasteiger partial charge in [0.15, 0.2) is 0 Å². The summed E-state index contributed by atoms with van der Waals surface area (Å²) >= 11 is 0. The number of hydrogen-bond acceptors (Lipinski definition) is 4. The number of imide groups is 1. The average molecular weight is 392 g/mol. The van der Waals surface area contributed by atoms with Gasteiger partial charge in [-0.2, -0.15) is 0 Å². The minimum Gasteiger partial charge on any atom is -0.467 e. The van der Waals surface area contributed by atoms with Gasteiger partial charge in [-0.25, -0.2) is 4.39 Å². The highest BCUT2D eigenvalue weighted by molar-refractivity contribution is 6.22. The zero-order valence-electron chi connectivity index (χ0n) is 15.4. The molecule has 0 radical (unpaired) electrons. The molecule has 2 heterocycles. The van der Waals surface area contributed by atoms with E-state index >= 15 is 0 Å². The van der Waals surface area contributed by atoms with E-state index in [4.69, 9.17) is 4.42 Å². The highest BCUT2D eigenvalue weighted by Crippen LogP contribution is 2.25. The standard InChI is InChI=1S/C22H17FN2O4/c23-19-6-2-1-4-14(19)9-10-24-20(26)15-7-8-17-18(12-15)22(28)25(21(17)27)13-16-5-3-11-29-16/h1-8,11-12H,9-10,13H2,(H,24,26). The molecule has 29 heavy (non-hydrogen) atoms. The molecule has 0 fully saturated rings. The summed E-state index contributed by atoms with van der Waals surface area (Å²) in [7, 11) is 0. The molecule has 146 valence electrons. The summed E-state index contributed by atoms with van der Waals surface area (Å²) in [6.07, 6.45) is 1.81. The maximum atomic E-state index is 13.6. The third kappa shape index (κ3) is 3.67. The van der Waals surface area contributed by atoms with E-state index < -0.39 is 17.7 Å². The largest absolute Gasteiger partial charge is 0.467 e. The van der Waals surface area contributed by atoms with Gasteiger partial charge < -0.3 is 9.73 Å². The lowest BCUT2D eigenvalue weighted by Gasteiger charge is -2.11. The number of rotatable bonds is 6. The van der Waals surface area contributed by atoms with Gasteiger partial charge in [0.25, 0.3) is 17.7 Å². The Labute approximate surface area is 165 Å². The van der Waals surface area contributed by atoms with Crippen LogP contribution in [0.3, 0.4) is 0 Å². The fourth-order valence-corrected chi connectivity index (χ4v) is 3.25. The van der Waals surface area contributed by atoms with E-state index in [0.29, 0.717) is 17.7 Å². The molecule has 3 amide bonds. The van der Waals surface area contributed by atoms with Crippen LogP contribution in [0, 0.1) is 5.82 Å². The monoisotopic (exact) mass is 392 g/mol. The predicted octanol–water partition coefficient (Wildman–Crippen LogP) is 3.19. The molecule has 1 aliphatic rings. The molecule has 0 atom stereocenters. The summed E-state index contributed by atoms with van der Waals surface area (Å²) < 4.78 is 18.9. The van der Waals surface area contributed by atoms with Gasteiger partial charge in [0, 0.05) is 12.1 Å². The number of hydrogen-bond donors (Lipinski definition) is 1. The maximum Gasteiger partial charge on any atom is 0.261 e. The molecule has 0 saturated heterocycles. The molecular formula is C22H17FN2O4. The molecular weight excluding hydrogens is 375 g/mol. The van der Waals surface area contributed by atoms with Crippen LogP contribution in [0.2, 0.25) is 0 Å². The highest BCUT2D eigenvalue weighted by Gasteiger charge is 2.36.